The highest BCUT2D eigenvalue weighted by molar-refractivity contribution is 4.80. The molecule has 0 nitrogen and oxygen atoms in total. The summed E-state index contributed by atoms with van der Waals surface area (Å²) in [5.41, 5.74) is 0. The van der Waals surface area contributed by atoms with Crippen LogP contribution >= 0.6 is 0 Å². The van der Waals surface area contributed by atoms with Gasteiger partial charge in [0, 0.05) is 18.8 Å². The summed E-state index contributed by atoms with van der Waals surface area (Å²) >= 11 is 0. The number of hydrogen-bond acceptors (Lipinski definition) is 0. The SMILES string of the molecule is CC1CCCC1(F)F.CCCCCC(F)(F)F. The molecule has 0 amide bonds. The summed E-state index contributed by atoms with van der Waals surface area (Å²) in [4.78, 5) is 0. The lowest BCUT2D eigenvalue weighted by Gasteiger charge is -2.12. The van der Waals surface area contributed by atoms with Crippen LogP contribution in [0.5, 0.6) is 0 Å². The molecule has 1 aliphatic carbocycles. The molecule has 0 saturated heterocycles. The van der Waals surface area contributed by atoms with E-state index in [9.17, 15) is 22.0 Å². The third kappa shape index (κ3) is 8.38. The highest BCUT2D eigenvalue weighted by Crippen LogP contribution is 2.39. The average Bonchev–Trinajstić information content (AvgIpc) is 2.45. The van der Waals surface area contributed by atoms with Crippen LogP contribution in [0.2, 0.25) is 0 Å². The Kier molecular flexibility index (Phi) is 7.02. The standard InChI is InChI=1S/C6H11F3.C6H10F2/c1-2-3-4-5-6(7,8)9;1-5-3-2-4-6(5,7)8/h2-5H2,1H3;5H,2-4H2,1H3. The summed E-state index contributed by atoms with van der Waals surface area (Å²) in [5, 5.41) is 0. The lowest BCUT2D eigenvalue weighted by molar-refractivity contribution is -0.135. The molecule has 5 heteroatoms. The minimum Gasteiger partial charge on any atom is -0.207 e. The number of hydrogen-bond donors (Lipinski definition) is 0. The van der Waals surface area contributed by atoms with Crippen molar-refractivity contribution in [3.63, 3.8) is 0 Å². The molecule has 1 rings (SSSR count). The molecule has 0 aromatic heterocycles. The van der Waals surface area contributed by atoms with Crippen molar-refractivity contribution in [3.8, 4) is 0 Å². The van der Waals surface area contributed by atoms with E-state index < -0.39 is 18.5 Å². The molecule has 0 aromatic rings. The van der Waals surface area contributed by atoms with Crippen LogP contribution in [0.4, 0.5) is 22.0 Å². The van der Waals surface area contributed by atoms with Crippen LogP contribution in [-0.2, 0) is 0 Å². The first-order valence-corrected chi connectivity index (χ1v) is 6.13. The third-order valence-electron chi connectivity index (χ3n) is 2.93. The highest BCUT2D eigenvalue weighted by atomic mass is 19.4. The van der Waals surface area contributed by atoms with E-state index in [1.165, 1.54) is 0 Å². The van der Waals surface area contributed by atoms with E-state index in [2.05, 4.69) is 0 Å². The molecule has 0 spiro atoms. The molecule has 1 atom stereocenters. The second-order valence-corrected chi connectivity index (χ2v) is 4.63. The molecular formula is C12H21F5. The minimum absolute atomic E-state index is 0.105. The van der Waals surface area contributed by atoms with Crippen molar-refractivity contribution in [2.24, 2.45) is 5.92 Å². The van der Waals surface area contributed by atoms with Crippen LogP contribution in [0.25, 0.3) is 0 Å². The fraction of sp³-hybridized carbons (Fsp3) is 1.00. The zero-order valence-corrected chi connectivity index (χ0v) is 10.4. The van der Waals surface area contributed by atoms with E-state index >= 15 is 0 Å². The van der Waals surface area contributed by atoms with Gasteiger partial charge in [0.15, 0.2) is 0 Å². The number of halogens is 5. The predicted molar refractivity (Wildman–Crippen MR) is 58.2 cm³/mol. The molecule has 0 radical (unpaired) electrons. The molecule has 1 saturated carbocycles. The van der Waals surface area contributed by atoms with Gasteiger partial charge in [0.2, 0.25) is 0 Å². The van der Waals surface area contributed by atoms with Crippen molar-refractivity contribution < 1.29 is 22.0 Å². The van der Waals surface area contributed by atoms with Crippen LogP contribution in [-0.4, -0.2) is 12.1 Å². The molecule has 0 aliphatic heterocycles. The quantitative estimate of drug-likeness (QED) is 0.459. The highest BCUT2D eigenvalue weighted by Gasteiger charge is 2.40. The molecule has 104 valence electrons. The summed E-state index contributed by atoms with van der Waals surface area (Å²) in [7, 11) is 0. The number of alkyl halides is 5. The van der Waals surface area contributed by atoms with Crippen molar-refractivity contribution >= 4 is 0 Å². The van der Waals surface area contributed by atoms with Gasteiger partial charge in [0.25, 0.3) is 5.92 Å². The lowest BCUT2D eigenvalue weighted by Crippen LogP contribution is -2.17. The van der Waals surface area contributed by atoms with Gasteiger partial charge in [0.05, 0.1) is 0 Å². The Labute approximate surface area is 99.6 Å². The van der Waals surface area contributed by atoms with Crippen LogP contribution in [0, 0.1) is 5.92 Å². The van der Waals surface area contributed by atoms with Crippen molar-refractivity contribution in [1.29, 1.82) is 0 Å². The van der Waals surface area contributed by atoms with E-state index in [1.54, 1.807) is 6.92 Å². The Balaban J connectivity index is 0.000000302. The van der Waals surface area contributed by atoms with Gasteiger partial charge >= 0.3 is 6.18 Å². The molecular weight excluding hydrogens is 239 g/mol. The zero-order valence-electron chi connectivity index (χ0n) is 10.4. The smallest absolute Gasteiger partial charge is 0.207 e. The molecule has 0 aromatic carbocycles. The second kappa shape index (κ2) is 7.17. The number of rotatable bonds is 3. The maximum atomic E-state index is 12.3. The second-order valence-electron chi connectivity index (χ2n) is 4.63. The Bertz CT molecular complexity index is 198. The van der Waals surface area contributed by atoms with Crippen molar-refractivity contribution in [3.05, 3.63) is 0 Å². The maximum absolute atomic E-state index is 12.3. The van der Waals surface area contributed by atoms with Crippen molar-refractivity contribution in [1.82, 2.24) is 0 Å². The molecule has 0 bridgehead atoms. The van der Waals surface area contributed by atoms with Gasteiger partial charge < -0.3 is 0 Å². The maximum Gasteiger partial charge on any atom is 0.389 e. The van der Waals surface area contributed by atoms with E-state index in [1.807, 2.05) is 6.92 Å². The van der Waals surface area contributed by atoms with Crippen LogP contribution in [0.1, 0.15) is 58.8 Å². The van der Waals surface area contributed by atoms with E-state index in [0.29, 0.717) is 19.3 Å². The summed E-state index contributed by atoms with van der Waals surface area (Å²) < 4.78 is 58.8. The van der Waals surface area contributed by atoms with Gasteiger partial charge in [-0.25, -0.2) is 8.78 Å². The molecule has 17 heavy (non-hydrogen) atoms. The summed E-state index contributed by atoms with van der Waals surface area (Å²) in [5.74, 6) is -2.72. The zero-order chi connectivity index (χ0) is 13.5. The van der Waals surface area contributed by atoms with Crippen LogP contribution in [0.3, 0.4) is 0 Å². The predicted octanol–water partition coefficient (Wildman–Crippen LogP) is 5.57. The topological polar surface area (TPSA) is 0 Å². The fourth-order valence-electron chi connectivity index (χ4n) is 1.68. The molecule has 0 heterocycles. The number of unbranched alkanes of at least 4 members (excludes halogenated alkanes) is 2. The summed E-state index contributed by atoms with van der Waals surface area (Å²) in [6, 6.07) is 0. The van der Waals surface area contributed by atoms with Gasteiger partial charge in [-0.15, -0.1) is 0 Å². The Morgan fingerprint density at radius 3 is 2.00 bits per heavy atom. The first-order valence-electron chi connectivity index (χ1n) is 6.13. The third-order valence-corrected chi connectivity index (χ3v) is 2.93. The monoisotopic (exact) mass is 260 g/mol. The summed E-state index contributed by atoms with van der Waals surface area (Å²) in [6.07, 6.45) is -1.26. The fourth-order valence-corrected chi connectivity index (χ4v) is 1.68. The molecule has 1 unspecified atom stereocenters. The van der Waals surface area contributed by atoms with E-state index in [4.69, 9.17) is 0 Å². The average molecular weight is 260 g/mol. The van der Waals surface area contributed by atoms with Gasteiger partial charge in [-0.05, 0) is 19.3 Å². The van der Waals surface area contributed by atoms with Gasteiger partial charge in [-0.2, -0.15) is 13.2 Å². The van der Waals surface area contributed by atoms with E-state index in [0.717, 1.165) is 6.42 Å². The molecule has 0 N–H and O–H groups in total. The lowest BCUT2D eigenvalue weighted by atomic mass is 10.1. The van der Waals surface area contributed by atoms with Gasteiger partial charge in [-0.1, -0.05) is 26.7 Å². The first kappa shape index (κ1) is 16.6. The Hall–Kier alpha value is -0.350. The molecule has 1 fully saturated rings. The van der Waals surface area contributed by atoms with Gasteiger partial charge in [-0.3, -0.25) is 0 Å². The van der Waals surface area contributed by atoms with Crippen LogP contribution < -0.4 is 0 Å². The van der Waals surface area contributed by atoms with Crippen molar-refractivity contribution in [2.45, 2.75) is 70.9 Å². The van der Waals surface area contributed by atoms with Gasteiger partial charge in [0.1, 0.15) is 0 Å². The Morgan fingerprint density at radius 1 is 1.18 bits per heavy atom. The normalized spacial score (nSPS) is 23.1. The molecule has 1 aliphatic rings. The largest absolute Gasteiger partial charge is 0.389 e. The first-order chi connectivity index (χ1) is 7.69. The Morgan fingerprint density at radius 2 is 1.76 bits per heavy atom. The van der Waals surface area contributed by atoms with E-state index in [-0.39, 0.29) is 18.8 Å². The summed E-state index contributed by atoms with van der Waals surface area (Å²) in [6.45, 7) is 3.50. The minimum atomic E-state index is -3.95. The van der Waals surface area contributed by atoms with Crippen molar-refractivity contribution in [2.75, 3.05) is 0 Å². The van der Waals surface area contributed by atoms with Crippen LogP contribution in [0.15, 0.2) is 0 Å².